The highest BCUT2D eigenvalue weighted by Crippen LogP contribution is 2.28. The summed E-state index contributed by atoms with van der Waals surface area (Å²) in [5.74, 6) is 0.497. The Hall–Kier alpha value is -1.57. The van der Waals surface area contributed by atoms with E-state index < -0.39 is 10.0 Å². The Morgan fingerprint density at radius 3 is 2.57 bits per heavy atom. The first-order chi connectivity index (χ1) is 9.97. The molecule has 2 N–H and O–H groups in total. The van der Waals surface area contributed by atoms with E-state index in [1.807, 2.05) is 0 Å². The number of benzene rings is 2. The maximum atomic E-state index is 12.4. The molecule has 0 aliphatic carbocycles. The Kier molecular flexibility index (Phi) is 4.87. The SMILES string of the molecule is COc1ccc(CO)c(NS(=O)(=O)c2ccccc2Br)c1. The van der Waals surface area contributed by atoms with Gasteiger partial charge in [-0.25, -0.2) is 8.42 Å². The monoisotopic (exact) mass is 371 g/mol. The third-order valence-corrected chi connectivity index (χ3v) is 5.24. The summed E-state index contributed by atoms with van der Waals surface area (Å²) >= 11 is 3.22. The predicted molar refractivity (Wildman–Crippen MR) is 83.9 cm³/mol. The maximum absolute atomic E-state index is 12.4. The van der Waals surface area contributed by atoms with E-state index in [-0.39, 0.29) is 17.2 Å². The Balaban J connectivity index is 2.43. The van der Waals surface area contributed by atoms with E-state index in [4.69, 9.17) is 4.74 Å². The summed E-state index contributed by atoms with van der Waals surface area (Å²) in [4.78, 5) is 0.122. The van der Waals surface area contributed by atoms with Crippen LogP contribution in [0.4, 0.5) is 5.69 Å². The van der Waals surface area contributed by atoms with Crippen molar-refractivity contribution < 1.29 is 18.3 Å². The van der Waals surface area contributed by atoms with E-state index >= 15 is 0 Å². The van der Waals surface area contributed by atoms with Gasteiger partial charge in [-0.15, -0.1) is 0 Å². The second-order valence-electron chi connectivity index (χ2n) is 4.22. The lowest BCUT2D eigenvalue weighted by molar-refractivity contribution is 0.282. The Morgan fingerprint density at radius 1 is 1.24 bits per heavy atom. The van der Waals surface area contributed by atoms with Crippen molar-refractivity contribution in [3.8, 4) is 5.75 Å². The van der Waals surface area contributed by atoms with E-state index in [2.05, 4.69) is 20.7 Å². The van der Waals surface area contributed by atoms with Gasteiger partial charge < -0.3 is 9.84 Å². The average Bonchev–Trinajstić information content (AvgIpc) is 2.47. The molecule has 0 aromatic heterocycles. The standard InChI is InChI=1S/C14H14BrNO4S/c1-20-11-7-6-10(9-17)13(8-11)16-21(18,19)14-5-3-2-4-12(14)15/h2-8,16-17H,9H2,1H3. The molecule has 0 fully saturated rings. The van der Waals surface area contributed by atoms with Crippen molar-refractivity contribution in [2.45, 2.75) is 11.5 Å². The largest absolute Gasteiger partial charge is 0.497 e. The summed E-state index contributed by atoms with van der Waals surface area (Å²) in [5, 5.41) is 9.32. The van der Waals surface area contributed by atoms with Crippen LogP contribution in [0.3, 0.4) is 0 Å². The van der Waals surface area contributed by atoms with E-state index in [0.717, 1.165) is 0 Å². The lowest BCUT2D eigenvalue weighted by atomic mass is 10.2. The van der Waals surface area contributed by atoms with Crippen LogP contribution in [0.5, 0.6) is 5.75 Å². The van der Waals surface area contributed by atoms with Crippen molar-refractivity contribution in [1.29, 1.82) is 0 Å². The maximum Gasteiger partial charge on any atom is 0.263 e. The number of anilines is 1. The van der Waals surface area contributed by atoms with Gasteiger partial charge in [0.2, 0.25) is 0 Å². The number of aliphatic hydroxyl groups is 1. The molecule has 0 radical (unpaired) electrons. The number of sulfonamides is 1. The quantitative estimate of drug-likeness (QED) is 0.846. The molecule has 2 aromatic carbocycles. The molecule has 0 bridgehead atoms. The van der Waals surface area contributed by atoms with Crippen LogP contribution in [-0.2, 0) is 16.6 Å². The van der Waals surface area contributed by atoms with Gasteiger partial charge in [0.15, 0.2) is 0 Å². The van der Waals surface area contributed by atoms with Crippen LogP contribution < -0.4 is 9.46 Å². The number of rotatable bonds is 5. The average molecular weight is 372 g/mol. The van der Waals surface area contributed by atoms with Crippen molar-refractivity contribution in [2.24, 2.45) is 0 Å². The summed E-state index contributed by atoms with van der Waals surface area (Å²) in [6.45, 7) is -0.280. The first-order valence-corrected chi connectivity index (χ1v) is 8.30. The molecule has 0 aliphatic heterocycles. The minimum atomic E-state index is -3.77. The number of halogens is 1. The zero-order valence-corrected chi connectivity index (χ0v) is 13.6. The zero-order valence-electron chi connectivity index (χ0n) is 11.2. The van der Waals surface area contributed by atoms with Gasteiger partial charge in [0, 0.05) is 16.1 Å². The molecule has 0 aliphatic rings. The molecular formula is C14H14BrNO4S. The van der Waals surface area contributed by atoms with Gasteiger partial charge in [-0.2, -0.15) is 0 Å². The molecule has 0 heterocycles. The van der Waals surface area contributed by atoms with E-state index in [9.17, 15) is 13.5 Å². The van der Waals surface area contributed by atoms with Crippen molar-refractivity contribution >= 4 is 31.6 Å². The molecule has 0 amide bonds. The number of hydrogen-bond acceptors (Lipinski definition) is 4. The zero-order chi connectivity index (χ0) is 15.5. The van der Waals surface area contributed by atoms with Crippen LogP contribution in [0.1, 0.15) is 5.56 Å². The van der Waals surface area contributed by atoms with Crippen molar-refractivity contribution in [2.75, 3.05) is 11.8 Å². The molecule has 112 valence electrons. The number of hydrogen-bond donors (Lipinski definition) is 2. The lowest BCUT2D eigenvalue weighted by Gasteiger charge is -2.13. The van der Waals surface area contributed by atoms with Crippen molar-refractivity contribution in [1.82, 2.24) is 0 Å². The van der Waals surface area contributed by atoms with Crippen LogP contribution in [0.25, 0.3) is 0 Å². The van der Waals surface area contributed by atoms with Gasteiger partial charge in [-0.05, 0) is 34.1 Å². The van der Waals surface area contributed by atoms with E-state index in [1.165, 1.54) is 19.2 Å². The molecule has 0 unspecified atom stereocenters. The molecule has 0 saturated heterocycles. The minimum Gasteiger partial charge on any atom is -0.497 e. The Morgan fingerprint density at radius 2 is 1.95 bits per heavy atom. The van der Waals surface area contributed by atoms with E-state index in [1.54, 1.807) is 30.3 Å². The predicted octanol–water partition coefficient (Wildman–Crippen LogP) is 2.75. The van der Waals surface area contributed by atoms with Gasteiger partial charge in [-0.1, -0.05) is 18.2 Å². The molecule has 7 heteroatoms. The van der Waals surface area contributed by atoms with Crippen LogP contribution in [0.2, 0.25) is 0 Å². The summed E-state index contributed by atoms with van der Waals surface area (Å²) in [7, 11) is -2.28. The summed E-state index contributed by atoms with van der Waals surface area (Å²) in [6, 6.07) is 11.3. The Labute approximate surface area is 131 Å². The highest BCUT2D eigenvalue weighted by atomic mass is 79.9. The highest BCUT2D eigenvalue weighted by Gasteiger charge is 2.19. The molecule has 0 atom stereocenters. The third-order valence-electron chi connectivity index (χ3n) is 2.86. The third kappa shape index (κ3) is 3.55. The molecule has 2 rings (SSSR count). The van der Waals surface area contributed by atoms with Crippen molar-refractivity contribution in [3.63, 3.8) is 0 Å². The lowest BCUT2D eigenvalue weighted by Crippen LogP contribution is -2.15. The first-order valence-electron chi connectivity index (χ1n) is 6.03. The summed E-state index contributed by atoms with van der Waals surface area (Å²) in [6.07, 6.45) is 0. The number of methoxy groups -OCH3 is 1. The van der Waals surface area contributed by atoms with Gasteiger partial charge in [-0.3, -0.25) is 4.72 Å². The normalized spacial score (nSPS) is 11.2. The Bertz CT molecular complexity index is 746. The van der Waals surface area contributed by atoms with Crippen LogP contribution in [0.15, 0.2) is 51.8 Å². The van der Waals surface area contributed by atoms with Crippen LogP contribution >= 0.6 is 15.9 Å². The minimum absolute atomic E-state index is 0.122. The van der Waals surface area contributed by atoms with Gasteiger partial charge in [0.05, 0.1) is 19.4 Å². The number of ether oxygens (including phenoxy) is 1. The highest BCUT2D eigenvalue weighted by molar-refractivity contribution is 9.10. The molecule has 0 saturated carbocycles. The van der Waals surface area contributed by atoms with Crippen LogP contribution in [-0.4, -0.2) is 20.6 Å². The number of aliphatic hydroxyl groups excluding tert-OH is 1. The first kappa shape index (κ1) is 15.8. The van der Waals surface area contributed by atoms with Crippen LogP contribution in [0, 0.1) is 0 Å². The smallest absolute Gasteiger partial charge is 0.263 e. The second kappa shape index (κ2) is 6.46. The number of nitrogens with one attached hydrogen (secondary N) is 1. The van der Waals surface area contributed by atoms with Gasteiger partial charge >= 0.3 is 0 Å². The van der Waals surface area contributed by atoms with Gasteiger partial charge in [0.1, 0.15) is 10.6 Å². The molecule has 0 spiro atoms. The fourth-order valence-electron chi connectivity index (χ4n) is 1.78. The molecular weight excluding hydrogens is 358 g/mol. The fourth-order valence-corrected chi connectivity index (χ4v) is 3.87. The fraction of sp³-hybridized carbons (Fsp3) is 0.143. The van der Waals surface area contributed by atoms with E-state index in [0.29, 0.717) is 15.8 Å². The summed E-state index contributed by atoms with van der Waals surface area (Å²) < 4.78 is 32.9. The molecule has 5 nitrogen and oxygen atoms in total. The summed E-state index contributed by atoms with van der Waals surface area (Å²) in [5.41, 5.74) is 0.749. The molecule has 2 aromatic rings. The topological polar surface area (TPSA) is 75.6 Å². The van der Waals surface area contributed by atoms with Crippen molar-refractivity contribution in [3.05, 3.63) is 52.5 Å². The molecule has 21 heavy (non-hydrogen) atoms. The second-order valence-corrected chi connectivity index (χ2v) is 6.72. The van der Waals surface area contributed by atoms with Gasteiger partial charge in [0.25, 0.3) is 10.0 Å².